The number of hydrogen-bond acceptors (Lipinski definition) is 3. The number of aromatic nitrogens is 2. The Morgan fingerprint density at radius 2 is 1.96 bits per heavy atom. The Labute approximate surface area is 144 Å². The van der Waals surface area contributed by atoms with E-state index in [-0.39, 0.29) is 23.8 Å². The summed E-state index contributed by atoms with van der Waals surface area (Å²) in [5.41, 5.74) is 2.66. The van der Waals surface area contributed by atoms with Gasteiger partial charge in [-0.1, -0.05) is 0 Å². The topological polar surface area (TPSA) is 98.9 Å². The van der Waals surface area contributed by atoms with Crippen molar-refractivity contribution < 1.29 is 14.0 Å². The average molecular weight is 345 g/mol. The Kier molecular flexibility index (Phi) is 5.27. The lowest BCUT2D eigenvalue weighted by atomic mass is 9.94. The highest BCUT2D eigenvalue weighted by Crippen LogP contribution is 2.18. The molecule has 25 heavy (non-hydrogen) atoms. The SMILES string of the molecule is O=C(NCCNC(=O)c1ccc(F)cc1)N[C@H]1CCc2[nH]ncc2C1. The third-order valence-corrected chi connectivity index (χ3v) is 4.15. The van der Waals surface area contributed by atoms with Crippen LogP contribution in [0.3, 0.4) is 0 Å². The molecule has 132 valence electrons. The third-order valence-electron chi connectivity index (χ3n) is 4.15. The molecule has 1 aliphatic carbocycles. The zero-order valence-electron chi connectivity index (χ0n) is 13.6. The number of amides is 3. The van der Waals surface area contributed by atoms with Crippen LogP contribution in [-0.2, 0) is 12.8 Å². The minimum absolute atomic E-state index is 0.0823. The van der Waals surface area contributed by atoms with Gasteiger partial charge in [0.15, 0.2) is 0 Å². The number of fused-ring (bicyclic) bond motifs is 1. The van der Waals surface area contributed by atoms with Gasteiger partial charge in [0.25, 0.3) is 5.91 Å². The number of aromatic amines is 1. The van der Waals surface area contributed by atoms with E-state index in [2.05, 4.69) is 26.1 Å². The number of urea groups is 1. The second kappa shape index (κ2) is 7.78. The van der Waals surface area contributed by atoms with E-state index in [1.807, 2.05) is 0 Å². The van der Waals surface area contributed by atoms with Crippen LogP contribution in [0.1, 0.15) is 28.0 Å². The number of aryl methyl sites for hydroxylation is 1. The molecule has 0 spiro atoms. The second-order valence-corrected chi connectivity index (χ2v) is 5.98. The molecule has 0 bridgehead atoms. The predicted octanol–water partition coefficient (Wildman–Crippen LogP) is 1.14. The molecule has 1 aliphatic rings. The van der Waals surface area contributed by atoms with E-state index in [0.29, 0.717) is 18.7 Å². The van der Waals surface area contributed by atoms with Gasteiger partial charge in [-0.15, -0.1) is 0 Å². The maximum atomic E-state index is 12.8. The molecule has 3 rings (SSSR count). The summed E-state index contributed by atoms with van der Waals surface area (Å²) >= 11 is 0. The molecule has 0 radical (unpaired) electrons. The summed E-state index contributed by atoms with van der Waals surface area (Å²) in [7, 11) is 0. The van der Waals surface area contributed by atoms with Crippen LogP contribution in [-0.4, -0.2) is 41.3 Å². The summed E-state index contributed by atoms with van der Waals surface area (Å²) in [6.45, 7) is 0.600. The van der Waals surface area contributed by atoms with Crippen molar-refractivity contribution in [1.82, 2.24) is 26.1 Å². The molecule has 2 aromatic rings. The number of rotatable bonds is 5. The molecule has 1 aromatic heterocycles. The highest BCUT2D eigenvalue weighted by Gasteiger charge is 2.21. The molecule has 8 heteroatoms. The molecule has 0 saturated carbocycles. The smallest absolute Gasteiger partial charge is 0.315 e. The summed E-state index contributed by atoms with van der Waals surface area (Å²) in [6.07, 6.45) is 4.30. The highest BCUT2D eigenvalue weighted by molar-refractivity contribution is 5.94. The first-order valence-corrected chi connectivity index (χ1v) is 8.21. The molecule has 0 saturated heterocycles. The van der Waals surface area contributed by atoms with E-state index in [1.165, 1.54) is 24.3 Å². The van der Waals surface area contributed by atoms with Crippen molar-refractivity contribution in [3.8, 4) is 0 Å². The van der Waals surface area contributed by atoms with Crippen LogP contribution < -0.4 is 16.0 Å². The first-order valence-electron chi connectivity index (χ1n) is 8.21. The molecule has 1 aromatic carbocycles. The number of hydrogen-bond donors (Lipinski definition) is 4. The molecule has 1 heterocycles. The summed E-state index contributed by atoms with van der Waals surface area (Å²) in [5, 5.41) is 15.3. The first kappa shape index (κ1) is 16.9. The van der Waals surface area contributed by atoms with Crippen LogP contribution in [0.2, 0.25) is 0 Å². The van der Waals surface area contributed by atoms with Crippen molar-refractivity contribution >= 4 is 11.9 Å². The molecular formula is C17H20FN5O2. The van der Waals surface area contributed by atoms with Crippen molar-refractivity contribution in [2.45, 2.75) is 25.3 Å². The molecule has 0 unspecified atom stereocenters. The number of nitrogens with one attached hydrogen (secondary N) is 4. The number of H-pyrrole nitrogens is 1. The maximum absolute atomic E-state index is 12.8. The van der Waals surface area contributed by atoms with Crippen molar-refractivity contribution in [1.29, 1.82) is 0 Å². The monoisotopic (exact) mass is 345 g/mol. The number of nitrogens with zero attached hydrogens (tertiary/aromatic N) is 1. The zero-order valence-corrected chi connectivity index (χ0v) is 13.6. The van der Waals surface area contributed by atoms with E-state index < -0.39 is 0 Å². The van der Waals surface area contributed by atoms with Crippen molar-refractivity contribution in [3.05, 3.63) is 53.1 Å². The Hall–Kier alpha value is -2.90. The summed E-state index contributed by atoms with van der Waals surface area (Å²) < 4.78 is 12.8. The van der Waals surface area contributed by atoms with Gasteiger partial charge in [-0.05, 0) is 49.1 Å². The van der Waals surface area contributed by atoms with Gasteiger partial charge >= 0.3 is 6.03 Å². The van der Waals surface area contributed by atoms with Crippen molar-refractivity contribution in [2.24, 2.45) is 0 Å². The Bertz CT molecular complexity index is 744. The van der Waals surface area contributed by atoms with Crippen LogP contribution in [0.4, 0.5) is 9.18 Å². The minimum atomic E-state index is -0.389. The lowest BCUT2D eigenvalue weighted by molar-refractivity contribution is 0.0953. The normalized spacial score (nSPS) is 16.0. The van der Waals surface area contributed by atoms with Crippen LogP contribution in [0.5, 0.6) is 0 Å². The standard InChI is InChI=1S/C17H20FN5O2/c18-13-3-1-11(2-4-13)16(24)19-7-8-20-17(25)22-14-5-6-15-12(9-14)10-21-23-15/h1-4,10,14H,5-9H2,(H,19,24)(H,21,23)(H2,20,22,25)/t14-/m0/s1. The van der Waals surface area contributed by atoms with Gasteiger partial charge in [0.1, 0.15) is 5.82 Å². The number of benzene rings is 1. The molecular weight excluding hydrogens is 325 g/mol. The van der Waals surface area contributed by atoms with E-state index in [4.69, 9.17) is 0 Å². The van der Waals surface area contributed by atoms with Gasteiger partial charge in [-0.2, -0.15) is 5.10 Å². The van der Waals surface area contributed by atoms with Gasteiger partial charge < -0.3 is 16.0 Å². The Morgan fingerprint density at radius 1 is 1.20 bits per heavy atom. The van der Waals surface area contributed by atoms with Gasteiger partial charge in [-0.25, -0.2) is 9.18 Å². The fourth-order valence-corrected chi connectivity index (χ4v) is 2.83. The predicted molar refractivity (Wildman–Crippen MR) is 89.7 cm³/mol. The molecule has 3 amide bonds. The van der Waals surface area contributed by atoms with E-state index >= 15 is 0 Å². The van der Waals surface area contributed by atoms with Gasteiger partial charge in [0.2, 0.25) is 0 Å². The van der Waals surface area contributed by atoms with Crippen LogP contribution in [0, 0.1) is 5.82 Å². The van der Waals surface area contributed by atoms with Gasteiger partial charge in [0.05, 0.1) is 6.20 Å². The molecule has 7 nitrogen and oxygen atoms in total. The Balaban J connectivity index is 1.34. The first-order chi connectivity index (χ1) is 12.1. The Morgan fingerprint density at radius 3 is 2.76 bits per heavy atom. The van der Waals surface area contributed by atoms with E-state index in [1.54, 1.807) is 6.20 Å². The maximum Gasteiger partial charge on any atom is 0.315 e. The van der Waals surface area contributed by atoms with Gasteiger partial charge in [-0.3, -0.25) is 9.89 Å². The average Bonchev–Trinajstić information content (AvgIpc) is 3.07. The molecule has 1 atom stereocenters. The quantitative estimate of drug-likeness (QED) is 0.612. The second-order valence-electron chi connectivity index (χ2n) is 5.98. The fourth-order valence-electron chi connectivity index (χ4n) is 2.83. The zero-order chi connectivity index (χ0) is 17.6. The fraction of sp³-hybridized carbons (Fsp3) is 0.353. The number of carbonyl (C=O) groups excluding carboxylic acids is 2. The number of carbonyl (C=O) groups is 2. The lowest BCUT2D eigenvalue weighted by Crippen LogP contribution is -2.46. The van der Waals surface area contributed by atoms with E-state index in [9.17, 15) is 14.0 Å². The summed E-state index contributed by atoms with van der Waals surface area (Å²) in [6, 6.07) is 5.12. The molecule has 0 aliphatic heterocycles. The van der Waals surface area contributed by atoms with E-state index in [0.717, 1.165) is 30.5 Å². The summed E-state index contributed by atoms with van der Waals surface area (Å²) in [4.78, 5) is 23.8. The molecule has 0 fully saturated rings. The van der Waals surface area contributed by atoms with Crippen molar-refractivity contribution in [2.75, 3.05) is 13.1 Å². The largest absolute Gasteiger partial charge is 0.350 e. The highest BCUT2D eigenvalue weighted by atomic mass is 19.1. The number of halogens is 1. The van der Waals surface area contributed by atoms with Crippen LogP contribution >= 0.6 is 0 Å². The third kappa shape index (κ3) is 4.56. The lowest BCUT2D eigenvalue weighted by Gasteiger charge is -2.23. The van der Waals surface area contributed by atoms with Crippen LogP contribution in [0.15, 0.2) is 30.5 Å². The molecule has 4 N–H and O–H groups in total. The van der Waals surface area contributed by atoms with Gasteiger partial charge in [0, 0.05) is 30.4 Å². The minimum Gasteiger partial charge on any atom is -0.350 e. The summed E-state index contributed by atoms with van der Waals surface area (Å²) in [5.74, 6) is -0.692. The van der Waals surface area contributed by atoms with Crippen molar-refractivity contribution in [3.63, 3.8) is 0 Å². The van der Waals surface area contributed by atoms with Crippen LogP contribution in [0.25, 0.3) is 0 Å².